The maximum Gasteiger partial charge on any atom is 0.338 e. The Bertz CT molecular complexity index is 297. The van der Waals surface area contributed by atoms with Crippen molar-refractivity contribution < 1.29 is 14.3 Å². The molecule has 0 aromatic heterocycles. The van der Waals surface area contributed by atoms with Crippen molar-refractivity contribution in [3.63, 3.8) is 0 Å². The lowest BCUT2D eigenvalue weighted by molar-refractivity contribution is -0.142. The Hall–Kier alpha value is -0.900. The third-order valence-corrected chi connectivity index (χ3v) is 2.12. The zero-order chi connectivity index (χ0) is 9.84. The minimum Gasteiger partial charge on any atom is -0.479 e. The number of carboxylic acid groups (broad SMARTS) is 1. The third kappa shape index (κ3) is 3.14. The fourth-order valence-electron chi connectivity index (χ4n) is 0.915. The van der Waals surface area contributed by atoms with Crippen molar-refractivity contribution in [2.24, 2.45) is 0 Å². The first kappa shape index (κ1) is 10.2. The Morgan fingerprint density at radius 2 is 2.00 bits per heavy atom. The van der Waals surface area contributed by atoms with Crippen LogP contribution in [0.5, 0.6) is 0 Å². The molecule has 0 fully saturated rings. The highest BCUT2D eigenvalue weighted by Crippen LogP contribution is 2.12. The largest absolute Gasteiger partial charge is 0.479 e. The molecule has 4 heteroatoms. The molecule has 0 aliphatic carbocycles. The second-order valence-corrected chi connectivity index (χ2v) is 3.55. The van der Waals surface area contributed by atoms with E-state index in [2.05, 4.69) is 15.9 Å². The molecule has 0 spiro atoms. The van der Waals surface area contributed by atoms with Crippen molar-refractivity contribution >= 4 is 21.9 Å². The molecular formula is C9H8BrFO2. The molecule has 0 saturated carbocycles. The van der Waals surface area contributed by atoms with Gasteiger partial charge in [-0.15, -0.1) is 0 Å². The molecule has 1 N–H and O–H groups in total. The Labute approximate surface area is 83.5 Å². The molecule has 0 amide bonds. The van der Waals surface area contributed by atoms with Gasteiger partial charge in [0.15, 0.2) is 0 Å². The van der Waals surface area contributed by atoms with E-state index in [0.29, 0.717) is 5.56 Å². The van der Waals surface area contributed by atoms with Gasteiger partial charge in [-0.05, 0) is 17.7 Å². The first-order valence-corrected chi connectivity index (χ1v) is 4.50. The molecule has 0 aliphatic rings. The zero-order valence-electron chi connectivity index (χ0n) is 6.71. The summed E-state index contributed by atoms with van der Waals surface area (Å²) < 4.78 is 13.6. The van der Waals surface area contributed by atoms with Gasteiger partial charge in [0.1, 0.15) is 0 Å². The summed E-state index contributed by atoms with van der Waals surface area (Å²) in [6, 6.07) is 6.90. The molecule has 0 unspecified atom stereocenters. The highest BCUT2D eigenvalue weighted by molar-refractivity contribution is 9.10. The number of carbonyl (C=O) groups is 1. The van der Waals surface area contributed by atoms with Crippen molar-refractivity contribution in [2.75, 3.05) is 0 Å². The zero-order valence-corrected chi connectivity index (χ0v) is 8.29. The van der Waals surface area contributed by atoms with Crippen molar-refractivity contribution in [3.05, 3.63) is 34.3 Å². The van der Waals surface area contributed by atoms with Gasteiger partial charge in [-0.1, -0.05) is 28.1 Å². The predicted molar refractivity (Wildman–Crippen MR) is 50.4 cm³/mol. The molecule has 13 heavy (non-hydrogen) atoms. The van der Waals surface area contributed by atoms with Crippen LogP contribution in [0.25, 0.3) is 0 Å². The van der Waals surface area contributed by atoms with Crippen LogP contribution < -0.4 is 0 Å². The molecule has 0 heterocycles. The van der Waals surface area contributed by atoms with E-state index in [0.717, 1.165) is 4.47 Å². The summed E-state index contributed by atoms with van der Waals surface area (Å²) in [6.07, 6.45) is -1.90. The molecule has 1 aromatic carbocycles. The normalized spacial score (nSPS) is 12.5. The number of benzene rings is 1. The Morgan fingerprint density at radius 3 is 2.46 bits per heavy atom. The third-order valence-electron chi connectivity index (χ3n) is 1.60. The van der Waals surface area contributed by atoms with Crippen LogP contribution in [0.2, 0.25) is 0 Å². The highest BCUT2D eigenvalue weighted by atomic mass is 79.9. The lowest BCUT2D eigenvalue weighted by Crippen LogP contribution is -2.16. The van der Waals surface area contributed by atoms with Gasteiger partial charge < -0.3 is 5.11 Å². The van der Waals surface area contributed by atoms with Gasteiger partial charge in [-0.25, -0.2) is 9.18 Å². The number of rotatable bonds is 3. The van der Waals surface area contributed by atoms with Crippen molar-refractivity contribution in [3.8, 4) is 0 Å². The molecule has 1 rings (SSSR count). The maximum atomic E-state index is 12.7. The maximum absolute atomic E-state index is 12.7. The van der Waals surface area contributed by atoms with Crippen LogP contribution in [-0.4, -0.2) is 17.2 Å². The SMILES string of the molecule is O=C(O)[C@H](F)Cc1ccc(Br)cc1. The van der Waals surface area contributed by atoms with E-state index in [-0.39, 0.29) is 6.42 Å². The quantitative estimate of drug-likeness (QED) is 0.890. The van der Waals surface area contributed by atoms with E-state index < -0.39 is 12.1 Å². The minimum atomic E-state index is -1.82. The smallest absolute Gasteiger partial charge is 0.338 e. The van der Waals surface area contributed by atoms with E-state index in [1.165, 1.54) is 0 Å². The van der Waals surface area contributed by atoms with E-state index in [1.807, 2.05) is 0 Å². The van der Waals surface area contributed by atoms with Gasteiger partial charge in [0.25, 0.3) is 0 Å². The van der Waals surface area contributed by atoms with Gasteiger partial charge >= 0.3 is 5.97 Å². The Balaban J connectivity index is 2.64. The van der Waals surface area contributed by atoms with Crippen molar-refractivity contribution in [1.29, 1.82) is 0 Å². The van der Waals surface area contributed by atoms with Crippen LogP contribution in [0, 0.1) is 0 Å². The van der Waals surface area contributed by atoms with Gasteiger partial charge in [0, 0.05) is 10.9 Å². The van der Waals surface area contributed by atoms with Crippen molar-refractivity contribution in [2.45, 2.75) is 12.6 Å². The first-order valence-electron chi connectivity index (χ1n) is 3.71. The van der Waals surface area contributed by atoms with Gasteiger partial charge in [0.05, 0.1) is 0 Å². The second-order valence-electron chi connectivity index (χ2n) is 2.64. The van der Waals surface area contributed by atoms with Crippen LogP contribution in [0.4, 0.5) is 4.39 Å². The predicted octanol–water partition coefficient (Wildman–Crippen LogP) is 2.41. The second kappa shape index (κ2) is 4.37. The Kier molecular flexibility index (Phi) is 3.42. The number of aliphatic carboxylic acids is 1. The summed E-state index contributed by atoms with van der Waals surface area (Å²) in [5.41, 5.74) is 0.679. The molecule has 70 valence electrons. The molecule has 2 nitrogen and oxygen atoms in total. The van der Waals surface area contributed by atoms with Crippen LogP contribution in [0.3, 0.4) is 0 Å². The van der Waals surface area contributed by atoms with E-state index in [4.69, 9.17) is 5.11 Å². The number of hydrogen-bond acceptors (Lipinski definition) is 1. The molecule has 0 radical (unpaired) electrons. The van der Waals surface area contributed by atoms with Gasteiger partial charge in [0.2, 0.25) is 6.17 Å². The summed E-state index contributed by atoms with van der Waals surface area (Å²) in [5, 5.41) is 8.31. The van der Waals surface area contributed by atoms with E-state index in [1.54, 1.807) is 24.3 Å². The molecule has 0 bridgehead atoms. The lowest BCUT2D eigenvalue weighted by Gasteiger charge is -2.02. The summed E-state index contributed by atoms with van der Waals surface area (Å²) >= 11 is 3.23. The molecular weight excluding hydrogens is 239 g/mol. The minimum absolute atomic E-state index is 0.0807. The average molecular weight is 247 g/mol. The fraction of sp³-hybridized carbons (Fsp3) is 0.222. The molecule has 0 aliphatic heterocycles. The number of hydrogen-bond donors (Lipinski definition) is 1. The number of halogens is 2. The Morgan fingerprint density at radius 1 is 1.46 bits per heavy atom. The van der Waals surface area contributed by atoms with Gasteiger partial charge in [-0.2, -0.15) is 0 Å². The average Bonchev–Trinajstić information content (AvgIpc) is 2.08. The van der Waals surface area contributed by atoms with Crippen LogP contribution in [0.15, 0.2) is 28.7 Å². The molecule has 1 aromatic rings. The topological polar surface area (TPSA) is 37.3 Å². The van der Waals surface area contributed by atoms with E-state index in [9.17, 15) is 9.18 Å². The van der Waals surface area contributed by atoms with Crippen LogP contribution in [0.1, 0.15) is 5.56 Å². The highest BCUT2D eigenvalue weighted by Gasteiger charge is 2.15. The summed E-state index contributed by atoms with van der Waals surface area (Å²) in [6.45, 7) is 0. The lowest BCUT2D eigenvalue weighted by atomic mass is 10.1. The summed E-state index contributed by atoms with van der Waals surface area (Å²) in [7, 11) is 0. The van der Waals surface area contributed by atoms with Crippen LogP contribution >= 0.6 is 15.9 Å². The van der Waals surface area contributed by atoms with Gasteiger partial charge in [-0.3, -0.25) is 0 Å². The standard InChI is InChI=1S/C9H8BrFO2/c10-7-3-1-6(2-4-7)5-8(11)9(12)13/h1-4,8H,5H2,(H,12,13)/t8-/m1/s1. The fourth-order valence-corrected chi connectivity index (χ4v) is 1.18. The summed E-state index contributed by atoms with van der Waals surface area (Å²) in [5.74, 6) is -1.41. The van der Waals surface area contributed by atoms with E-state index >= 15 is 0 Å². The first-order chi connectivity index (χ1) is 6.09. The number of alkyl halides is 1. The van der Waals surface area contributed by atoms with Crippen molar-refractivity contribution in [1.82, 2.24) is 0 Å². The number of carboxylic acids is 1. The molecule has 1 atom stereocenters. The summed E-state index contributed by atoms with van der Waals surface area (Å²) in [4.78, 5) is 10.2. The molecule has 0 saturated heterocycles. The monoisotopic (exact) mass is 246 g/mol. The van der Waals surface area contributed by atoms with Crippen LogP contribution in [-0.2, 0) is 11.2 Å².